The van der Waals surface area contributed by atoms with Crippen LogP contribution < -0.4 is 5.32 Å². The number of carboxylic acid groups (broad SMARTS) is 1. The second kappa shape index (κ2) is 4.48. The van der Waals surface area contributed by atoms with E-state index >= 15 is 0 Å². The average Bonchev–Trinajstić information content (AvgIpc) is 2.57. The maximum atomic E-state index is 13.5. The zero-order valence-corrected chi connectivity index (χ0v) is 9.94. The number of carbonyl (C=O) groups is 1. The number of benzene rings is 1. The van der Waals surface area contributed by atoms with Gasteiger partial charge in [-0.2, -0.15) is 5.10 Å². The van der Waals surface area contributed by atoms with E-state index in [1.165, 1.54) is 12.1 Å². The van der Waals surface area contributed by atoms with Crippen molar-refractivity contribution in [3.05, 3.63) is 41.5 Å². The third kappa shape index (κ3) is 2.17. The molecule has 2 N–H and O–H groups in total. The summed E-state index contributed by atoms with van der Waals surface area (Å²) in [5.41, 5.74) is 1.18. The molecular weight excluding hydrogens is 237 g/mol. The van der Waals surface area contributed by atoms with Gasteiger partial charge in [0.25, 0.3) is 0 Å². The van der Waals surface area contributed by atoms with Gasteiger partial charge < -0.3 is 10.4 Å². The molecule has 0 atom stereocenters. The molecule has 94 valence electrons. The molecule has 5 nitrogen and oxygen atoms in total. The van der Waals surface area contributed by atoms with E-state index in [0.717, 1.165) is 6.07 Å². The van der Waals surface area contributed by atoms with Crippen molar-refractivity contribution in [2.75, 3.05) is 5.32 Å². The molecule has 2 rings (SSSR count). The van der Waals surface area contributed by atoms with E-state index in [2.05, 4.69) is 10.4 Å². The summed E-state index contributed by atoms with van der Waals surface area (Å²) in [5, 5.41) is 16.0. The molecule has 0 aliphatic rings. The van der Waals surface area contributed by atoms with E-state index in [4.69, 9.17) is 5.11 Å². The predicted octanol–water partition coefficient (Wildman–Crippen LogP) is 2.31. The van der Waals surface area contributed by atoms with Crippen LogP contribution in [-0.2, 0) is 7.05 Å². The van der Waals surface area contributed by atoms with Gasteiger partial charge in [-0.25, -0.2) is 9.18 Å². The molecule has 0 spiro atoms. The highest BCUT2D eigenvalue weighted by Gasteiger charge is 2.16. The average molecular weight is 249 g/mol. The Hall–Kier alpha value is -2.37. The molecule has 0 saturated heterocycles. The third-order valence-corrected chi connectivity index (χ3v) is 2.51. The Kier molecular flexibility index (Phi) is 3.01. The van der Waals surface area contributed by atoms with E-state index in [9.17, 15) is 9.18 Å². The number of rotatable bonds is 3. The first-order chi connectivity index (χ1) is 8.49. The van der Waals surface area contributed by atoms with Gasteiger partial charge in [-0.15, -0.1) is 0 Å². The lowest BCUT2D eigenvalue weighted by Crippen LogP contribution is -2.05. The monoisotopic (exact) mass is 249 g/mol. The smallest absolute Gasteiger partial charge is 0.340 e. The summed E-state index contributed by atoms with van der Waals surface area (Å²) in [6.45, 7) is 1.78. The standard InChI is InChI=1S/C12H12FN3O2/c1-7-10(6-16(2)15-7)14-9-5-3-4-8(13)11(9)12(17)18/h3-6,14H,1-2H3,(H,17,18). The van der Waals surface area contributed by atoms with Gasteiger partial charge in [-0.1, -0.05) is 6.07 Å². The number of halogens is 1. The molecule has 0 aliphatic carbocycles. The molecule has 6 heteroatoms. The van der Waals surface area contributed by atoms with Crippen LogP contribution in [0, 0.1) is 12.7 Å². The highest BCUT2D eigenvalue weighted by molar-refractivity contribution is 5.95. The summed E-state index contributed by atoms with van der Waals surface area (Å²) in [6.07, 6.45) is 1.70. The Morgan fingerprint density at radius 3 is 2.72 bits per heavy atom. The van der Waals surface area contributed by atoms with Gasteiger partial charge in [0, 0.05) is 13.2 Å². The van der Waals surface area contributed by atoms with Gasteiger partial charge in [0.05, 0.1) is 17.1 Å². The van der Waals surface area contributed by atoms with Crippen molar-refractivity contribution in [2.45, 2.75) is 6.92 Å². The third-order valence-electron chi connectivity index (χ3n) is 2.51. The topological polar surface area (TPSA) is 67.2 Å². The summed E-state index contributed by atoms with van der Waals surface area (Å²) in [4.78, 5) is 11.0. The normalized spacial score (nSPS) is 10.4. The van der Waals surface area contributed by atoms with Crippen molar-refractivity contribution in [1.29, 1.82) is 0 Å². The summed E-state index contributed by atoms with van der Waals surface area (Å²) in [5.74, 6) is -2.08. The van der Waals surface area contributed by atoms with Gasteiger partial charge in [-0.3, -0.25) is 4.68 Å². The fourth-order valence-electron chi connectivity index (χ4n) is 1.71. The Bertz CT molecular complexity index is 607. The molecule has 0 unspecified atom stereocenters. The number of anilines is 2. The predicted molar refractivity (Wildman–Crippen MR) is 64.6 cm³/mol. The lowest BCUT2D eigenvalue weighted by molar-refractivity contribution is 0.0693. The van der Waals surface area contributed by atoms with Crippen molar-refractivity contribution in [3.63, 3.8) is 0 Å². The molecule has 18 heavy (non-hydrogen) atoms. The number of nitrogens with zero attached hydrogens (tertiary/aromatic N) is 2. The van der Waals surface area contributed by atoms with Gasteiger partial charge >= 0.3 is 5.97 Å². The zero-order valence-electron chi connectivity index (χ0n) is 9.94. The molecule has 0 bridgehead atoms. The fraction of sp³-hybridized carbons (Fsp3) is 0.167. The molecule has 0 fully saturated rings. The molecule has 1 heterocycles. The lowest BCUT2D eigenvalue weighted by atomic mass is 10.1. The summed E-state index contributed by atoms with van der Waals surface area (Å²) in [7, 11) is 1.75. The minimum absolute atomic E-state index is 0.207. The first-order valence-corrected chi connectivity index (χ1v) is 5.28. The van der Waals surface area contributed by atoms with E-state index < -0.39 is 11.8 Å². The van der Waals surface area contributed by atoms with E-state index in [0.29, 0.717) is 11.4 Å². The van der Waals surface area contributed by atoms with Crippen molar-refractivity contribution < 1.29 is 14.3 Å². The largest absolute Gasteiger partial charge is 0.478 e. The number of hydrogen-bond acceptors (Lipinski definition) is 3. The van der Waals surface area contributed by atoms with E-state index in [1.54, 1.807) is 24.9 Å². The van der Waals surface area contributed by atoms with E-state index in [1.807, 2.05) is 0 Å². The molecule has 2 aromatic rings. The lowest BCUT2D eigenvalue weighted by Gasteiger charge is -2.08. The van der Waals surface area contributed by atoms with Gasteiger partial charge in [-0.05, 0) is 19.1 Å². The quantitative estimate of drug-likeness (QED) is 0.875. The Morgan fingerprint density at radius 1 is 1.44 bits per heavy atom. The summed E-state index contributed by atoms with van der Waals surface area (Å²) < 4.78 is 15.1. The highest BCUT2D eigenvalue weighted by atomic mass is 19.1. The van der Waals surface area contributed by atoms with Crippen molar-refractivity contribution in [3.8, 4) is 0 Å². The second-order valence-corrected chi connectivity index (χ2v) is 3.89. The van der Waals surface area contributed by atoms with Crippen LogP contribution >= 0.6 is 0 Å². The van der Waals surface area contributed by atoms with Crippen molar-refractivity contribution in [2.24, 2.45) is 7.05 Å². The Labute approximate surface area is 103 Å². The second-order valence-electron chi connectivity index (χ2n) is 3.89. The highest BCUT2D eigenvalue weighted by Crippen LogP contribution is 2.24. The minimum atomic E-state index is -1.31. The SMILES string of the molecule is Cc1nn(C)cc1Nc1cccc(F)c1C(=O)O. The van der Waals surface area contributed by atoms with Crippen LogP contribution in [0.25, 0.3) is 0 Å². The molecule has 1 aromatic carbocycles. The zero-order chi connectivity index (χ0) is 13.3. The Balaban J connectivity index is 2.43. The number of hydrogen-bond donors (Lipinski definition) is 2. The number of aromatic carboxylic acids is 1. The molecule has 0 aliphatic heterocycles. The number of aromatic nitrogens is 2. The van der Waals surface area contributed by atoms with Crippen molar-refractivity contribution >= 4 is 17.3 Å². The summed E-state index contributed by atoms with van der Waals surface area (Å²) in [6, 6.07) is 4.08. The summed E-state index contributed by atoms with van der Waals surface area (Å²) >= 11 is 0. The van der Waals surface area contributed by atoms with Gasteiger partial charge in [0.2, 0.25) is 0 Å². The molecule has 1 aromatic heterocycles. The molecule has 0 saturated carbocycles. The molecule has 0 radical (unpaired) electrons. The van der Waals surface area contributed by atoms with Gasteiger partial charge in [0.15, 0.2) is 0 Å². The number of aryl methyl sites for hydroxylation is 2. The molecule has 0 amide bonds. The van der Waals surface area contributed by atoms with Crippen LogP contribution in [0.2, 0.25) is 0 Å². The number of nitrogens with one attached hydrogen (secondary N) is 1. The van der Waals surface area contributed by atoms with Crippen molar-refractivity contribution in [1.82, 2.24) is 9.78 Å². The van der Waals surface area contributed by atoms with E-state index in [-0.39, 0.29) is 11.3 Å². The fourth-order valence-corrected chi connectivity index (χ4v) is 1.71. The number of carboxylic acids is 1. The minimum Gasteiger partial charge on any atom is -0.478 e. The molecular formula is C12H12FN3O2. The first kappa shape index (κ1) is 12.1. The maximum absolute atomic E-state index is 13.5. The maximum Gasteiger partial charge on any atom is 0.340 e. The van der Waals surface area contributed by atoms with Crippen LogP contribution in [0.1, 0.15) is 16.1 Å². The first-order valence-electron chi connectivity index (χ1n) is 5.28. The van der Waals surface area contributed by atoms with Crippen LogP contribution in [0.15, 0.2) is 24.4 Å². The van der Waals surface area contributed by atoms with Crippen LogP contribution in [0.4, 0.5) is 15.8 Å². The van der Waals surface area contributed by atoms with Crippen LogP contribution in [0.3, 0.4) is 0 Å². The van der Waals surface area contributed by atoms with Gasteiger partial charge in [0.1, 0.15) is 11.4 Å². The Morgan fingerprint density at radius 2 is 2.17 bits per heavy atom. The van der Waals surface area contributed by atoms with Crippen LogP contribution in [-0.4, -0.2) is 20.9 Å². The van der Waals surface area contributed by atoms with Crippen LogP contribution in [0.5, 0.6) is 0 Å².